The van der Waals surface area contributed by atoms with Gasteiger partial charge in [-0.3, -0.25) is 10.1 Å². The zero-order chi connectivity index (χ0) is 17.8. The van der Waals surface area contributed by atoms with Crippen LogP contribution >= 0.6 is 0 Å². The number of aromatic hydroxyl groups is 1. The Hall–Kier alpha value is -2.45. The molecule has 1 rings (SSSR count). The lowest BCUT2D eigenvalue weighted by Gasteiger charge is -2.19. The molecular formula is C14H17F3N2O4. The second-order valence-electron chi connectivity index (χ2n) is 5.66. The first-order valence-electron chi connectivity index (χ1n) is 6.55. The van der Waals surface area contributed by atoms with Crippen LogP contribution in [-0.2, 0) is 4.74 Å². The number of halogens is 3. The van der Waals surface area contributed by atoms with Crippen molar-refractivity contribution in [2.24, 2.45) is 0 Å². The summed E-state index contributed by atoms with van der Waals surface area (Å²) >= 11 is 0. The molecule has 0 radical (unpaired) electrons. The summed E-state index contributed by atoms with van der Waals surface area (Å²) in [6, 6.07) is 3.38. The number of carbonyl (C=O) groups is 2. The maximum Gasteiger partial charge on any atom is 0.412 e. The third-order valence-electron chi connectivity index (χ3n) is 2.34. The molecule has 0 atom stereocenters. The van der Waals surface area contributed by atoms with E-state index in [9.17, 15) is 27.9 Å². The minimum atomic E-state index is -4.55. The summed E-state index contributed by atoms with van der Waals surface area (Å²) in [4.78, 5) is 23.1. The lowest BCUT2D eigenvalue weighted by molar-refractivity contribution is -0.123. The molecule has 128 valence electrons. The topological polar surface area (TPSA) is 87.7 Å². The first kappa shape index (κ1) is 18.6. The van der Waals surface area contributed by atoms with Gasteiger partial charge >= 0.3 is 12.3 Å². The molecule has 0 bridgehead atoms. The van der Waals surface area contributed by atoms with E-state index in [1.54, 1.807) is 26.1 Å². The predicted molar refractivity (Wildman–Crippen MR) is 76.4 cm³/mol. The molecule has 0 aliphatic rings. The van der Waals surface area contributed by atoms with Gasteiger partial charge in [0.1, 0.15) is 17.9 Å². The summed E-state index contributed by atoms with van der Waals surface area (Å²) < 4.78 is 41.1. The molecule has 0 heterocycles. The van der Waals surface area contributed by atoms with Crippen molar-refractivity contribution in [3.05, 3.63) is 23.8 Å². The molecule has 0 saturated carbocycles. The summed E-state index contributed by atoms with van der Waals surface area (Å²) in [6.07, 6.45) is -5.32. The SMILES string of the molecule is CC(C)(C)OC(=O)Nc1ccc(C(=O)NCC(F)(F)F)c(O)c1. The van der Waals surface area contributed by atoms with Crippen molar-refractivity contribution in [3.8, 4) is 5.75 Å². The Balaban J connectivity index is 2.74. The number of benzene rings is 1. The maximum absolute atomic E-state index is 12.0. The molecule has 0 fully saturated rings. The molecule has 1 aromatic rings. The minimum Gasteiger partial charge on any atom is -0.507 e. The maximum atomic E-state index is 12.0. The number of nitrogens with one attached hydrogen (secondary N) is 2. The Morgan fingerprint density at radius 2 is 1.83 bits per heavy atom. The van der Waals surface area contributed by atoms with Gasteiger partial charge in [0.05, 0.1) is 5.56 Å². The van der Waals surface area contributed by atoms with Crippen molar-refractivity contribution in [3.63, 3.8) is 0 Å². The molecule has 0 aliphatic heterocycles. The van der Waals surface area contributed by atoms with Crippen LogP contribution in [0.15, 0.2) is 18.2 Å². The fraction of sp³-hybridized carbons (Fsp3) is 0.429. The molecule has 0 aromatic heterocycles. The second-order valence-corrected chi connectivity index (χ2v) is 5.66. The average molecular weight is 334 g/mol. The van der Waals surface area contributed by atoms with Crippen LogP contribution in [0.5, 0.6) is 5.75 Å². The Morgan fingerprint density at radius 1 is 1.22 bits per heavy atom. The van der Waals surface area contributed by atoms with Gasteiger partial charge in [0.25, 0.3) is 5.91 Å². The van der Waals surface area contributed by atoms with E-state index < -0.39 is 36.1 Å². The van der Waals surface area contributed by atoms with E-state index in [1.165, 1.54) is 6.07 Å². The van der Waals surface area contributed by atoms with Gasteiger partial charge in [0, 0.05) is 11.8 Å². The molecule has 2 amide bonds. The monoisotopic (exact) mass is 334 g/mol. The molecule has 0 unspecified atom stereocenters. The number of rotatable bonds is 3. The number of hydrogen-bond donors (Lipinski definition) is 3. The number of phenolic OH excluding ortho intramolecular Hbond substituents is 1. The van der Waals surface area contributed by atoms with Crippen molar-refractivity contribution < 1.29 is 32.6 Å². The van der Waals surface area contributed by atoms with E-state index in [0.717, 1.165) is 12.1 Å². The number of carbonyl (C=O) groups excluding carboxylic acids is 2. The Labute approximate surface area is 130 Å². The van der Waals surface area contributed by atoms with Gasteiger partial charge in [0.2, 0.25) is 0 Å². The molecule has 23 heavy (non-hydrogen) atoms. The largest absolute Gasteiger partial charge is 0.507 e. The van der Waals surface area contributed by atoms with Gasteiger partial charge in [-0.2, -0.15) is 13.2 Å². The highest BCUT2D eigenvalue weighted by Gasteiger charge is 2.28. The van der Waals surface area contributed by atoms with E-state index in [-0.39, 0.29) is 11.3 Å². The Morgan fingerprint density at radius 3 is 2.30 bits per heavy atom. The van der Waals surface area contributed by atoms with Gasteiger partial charge in [0.15, 0.2) is 0 Å². The number of phenols is 1. The molecule has 6 nitrogen and oxygen atoms in total. The average Bonchev–Trinajstić information content (AvgIpc) is 2.32. The summed E-state index contributed by atoms with van der Waals surface area (Å²) in [7, 11) is 0. The summed E-state index contributed by atoms with van der Waals surface area (Å²) in [6.45, 7) is 3.48. The third kappa shape index (κ3) is 6.90. The number of ether oxygens (including phenoxy) is 1. The van der Waals surface area contributed by atoms with Crippen LogP contribution < -0.4 is 10.6 Å². The van der Waals surface area contributed by atoms with E-state index >= 15 is 0 Å². The fourth-order valence-electron chi connectivity index (χ4n) is 1.50. The van der Waals surface area contributed by atoms with Crippen molar-refractivity contribution >= 4 is 17.7 Å². The standard InChI is InChI=1S/C14H17F3N2O4/c1-13(2,3)23-12(22)19-8-4-5-9(10(20)6-8)11(21)18-7-14(15,16)17/h4-6,20H,7H2,1-3H3,(H,18,21)(H,19,22). The van der Waals surface area contributed by atoms with E-state index in [1.807, 2.05) is 0 Å². The highest BCUT2D eigenvalue weighted by Crippen LogP contribution is 2.23. The van der Waals surface area contributed by atoms with Crippen molar-refractivity contribution in [1.29, 1.82) is 0 Å². The highest BCUT2D eigenvalue weighted by molar-refractivity contribution is 5.98. The van der Waals surface area contributed by atoms with Crippen LogP contribution in [0, 0.1) is 0 Å². The van der Waals surface area contributed by atoms with Crippen LogP contribution in [0.25, 0.3) is 0 Å². The second kappa shape index (κ2) is 6.76. The highest BCUT2D eigenvalue weighted by atomic mass is 19.4. The quantitative estimate of drug-likeness (QED) is 0.793. The van der Waals surface area contributed by atoms with Gasteiger partial charge < -0.3 is 15.2 Å². The van der Waals surface area contributed by atoms with Crippen LogP contribution in [0.3, 0.4) is 0 Å². The molecule has 9 heteroatoms. The molecular weight excluding hydrogens is 317 g/mol. The van der Waals surface area contributed by atoms with Crippen LogP contribution in [0.2, 0.25) is 0 Å². The van der Waals surface area contributed by atoms with Crippen molar-refractivity contribution in [2.75, 3.05) is 11.9 Å². The number of alkyl halides is 3. The van der Waals surface area contributed by atoms with Crippen LogP contribution in [0.1, 0.15) is 31.1 Å². The first-order valence-corrected chi connectivity index (χ1v) is 6.55. The molecule has 0 saturated heterocycles. The summed E-state index contributed by atoms with van der Waals surface area (Å²) in [5.74, 6) is -1.65. The molecule has 3 N–H and O–H groups in total. The van der Waals surface area contributed by atoms with E-state index in [4.69, 9.17) is 4.74 Å². The third-order valence-corrected chi connectivity index (χ3v) is 2.34. The molecule has 0 aliphatic carbocycles. The van der Waals surface area contributed by atoms with Gasteiger partial charge in [-0.15, -0.1) is 0 Å². The number of anilines is 1. The summed E-state index contributed by atoms with van der Waals surface area (Å²) in [5, 5.41) is 13.7. The van der Waals surface area contributed by atoms with Crippen LogP contribution in [-0.4, -0.2) is 35.4 Å². The van der Waals surface area contributed by atoms with Gasteiger partial charge in [-0.25, -0.2) is 4.79 Å². The van der Waals surface area contributed by atoms with Crippen molar-refractivity contribution in [1.82, 2.24) is 5.32 Å². The number of hydrogen-bond acceptors (Lipinski definition) is 4. The van der Waals surface area contributed by atoms with Crippen molar-refractivity contribution in [2.45, 2.75) is 32.5 Å². The normalized spacial score (nSPS) is 11.7. The first-order chi connectivity index (χ1) is 10.4. The van der Waals surface area contributed by atoms with Crippen LogP contribution in [0.4, 0.5) is 23.7 Å². The predicted octanol–water partition coefficient (Wildman–Crippen LogP) is 3.03. The molecule has 1 aromatic carbocycles. The molecule has 0 spiro atoms. The van der Waals surface area contributed by atoms with E-state index in [2.05, 4.69) is 5.32 Å². The fourth-order valence-corrected chi connectivity index (χ4v) is 1.50. The number of amides is 2. The lowest BCUT2D eigenvalue weighted by atomic mass is 10.1. The smallest absolute Gasteiger partial charge is 0.412 e. The van der Waals surface area contributed by atoms with Gasteiger partial charge in [-0.1, -0.05) is 0 Å². The Kier molecular flexibility index (Phi) is 5.46. The zero-order valence-electron chi connectivity index (χ0n) is 12.7. The van der Waals surface area contributed by atoms with Gasteiger partial charge in [-0.05, 0) is 32.9 Å². The van der Waals surface area contributed by atoms with E-state index in [0.29, 0.717) is 0 Å². The Bertz CT molecular complexity index is 595. The zero-order valence-corrected chi connectivity index (χ0v) is 12.7. The minimum absolute atomic E-state index is 0.129. The lowest BCUT2D eigenvalue weighted by Crippen LogP contribution is -2.33. The summed E-state index contributed by atoms with van der Waals surface area (Å²) in [5.41, 5.74) is -0.933.